The van der Waals surface area contributed by atoms with Gasteiger partial charge in [0.15, 0.2) is 14.1 Å². The van der Waals surface area contributed by atoms with Crippen LogP contribution in [0.3, 0.4) is 0 Å². The van der Waals surface area contributed by atoms with Crippen molar-refractivity contribution in [1.29, 1.82) is 0 Å². The van der Waals surface area contributed by atoms with E-state index in [-0.39, 0.29) is 68.7 Å². The zero-order valence-electron chi connectivity index (χ0n) is 38.9. The molecule has 0 aromatic carbocycles. The van der Waals surface area contributed by atoms with E-state index in [0.717, 1.165) is 32.1 Å². The summed E-state index contributed by atoms with van der Waals surface area (Å²) < 4.78 is 7.73. The molecule has 3 atom stereocenters. The fourth-order valence-corrected chi connectivity index (χ4v) is 7.92. The van der Waals surface area contributed by atoms with Gasteiger partial charge in [-0.3, -0.25) is 9.59 Å². The molecule has 56 heavy (non-hydrogen) atoms. The topological polar surface area (TPSA) is 43.4 Å². The third-order valence-electron chi connectivity index (χ3n) is 8.97. The zero-order chi connectivity index (χ0) is 38.6. The van der Waals surface area contributed by atoms with Gasteiger partial charge >= 0.3 is 35.9 Å². The summed E-state index contributed by atoms with van der Waals surface area (Å²) in [4.78, 5) is 21.4. The average Bonchev–Trinajstić information content (AvgIpc) is 3.03. The second-order valence-electron chi connectivity index (χ2n) is 16.9. The second kappa shape index (κ2) is 44.3. The Morgan fingerprint density at radius 1 is 0.786 bits per heavy atom. The Kier molecular flexibility index (Phi) is 59.1. The quantitative estimate of drug-likeness (QED) is 0.0332. The normalized spacial score (nSPS) is 18.6. The van der Waals surface area contributed by atoms with Crippen LogP contribution in [-0.4, -0.2) is 68.0 Å². The van der Waals surface area contributed by atoms with Crippen LogP contribution < -0.4 is 23.6 Å². The monoisotopic (exact) mass is 1000 g/mol. The minimum atomic E-state index is -1.32. The number of hydrogen-bond donors (Lipinski definition) is 0. The summed E-state index contributed by atoms with van der Waals surface area (Å²) in [7, 11) is -2.46. The van der Waals surface area contributed by atoms with E-state index in [1.807, 2.05) is 6.08 Å². The maximum atomic E-state index is 11.0. The Labute approximate surface area is 395 Å². The first-order valence-electron chi connectivity index (χ1n) is 20.6. The number of carbonyl (C=O) groups excluding carboxylic acids is 2. The number of quaternary nitrogens is 1. The standard InChI is InChI=1S/C16H36N.C10H20OSi.C7H11IO.C6H8O.C3H9ClSi.CH4.2CH3.Cu.FH.Li/c1-5-9-13-17(14-10-6-2,15-11-7-3)16-12-8-4;1-9-6-5-7-10(8-9)11-12(2,3)4;1-5-3-2-4-6(9)7(5)8;7-6-4-2-1-3-5-6;1-5(2,3)4;;;;;;/h5-16H2,1-4H3;8,10H,5-7H2,1-4H3;5,7H,2-4H2,1H3;2,4H,1,3,5H2;1-3H3;1H4;2*1H3;;1H;/q+1;;;;;;2*-1;+1;;+1/p-1. The maximum absolute atomic E-state index is 11.0. The number of rotatable bonds is 14. The molecule has 11 heteroatoms. The second-order valence-corrected chi connectivity index (χ2v) is 30.2. The number of ketones is 2. The summed E-state index contributed by atoms with van der Waals surface area (Å²) in [5, 5.41) is 0. The van der Waals surface area contributed by atoms with E-state index in [0.29, 0.717) is 21.7 Å². The number of alkyl halides is 1. The minimum Gasteiger partial charge on any atom is -1.00 e. The largest absolute Gasteiger partial charge is 1.00 e. The van der Waals surface area contributed by atoms with E-state index in [4.69, 9.17) is 15.5 Å². The van der Waals surface area contributed by atoms with Crippen LogP contribution in [0.5, 0.6) is 0 Å². The Morgan fingerprint density at radius 3 is 1.46 bits per heavy atom. The van der Waals surface area contributed by atoms with E-state index >= 15 is 0 Å². The van der Waals surface area contributed by atoms with E-state index in [2.05, 4.69) is 109 Å². The molecule has 0 aromatic rings. The number of Topliss-reactive ketones (excluding diaryl/α,β-unsaturated/α-hetero) is 1. The molecule has 3 rings (SSSR count). The third-order valence-corrected chi connectivity index (χ3v) is 11.9. The van der Waals surface area contributed by atoms with Crippen molar-refractivity contribution in [2.45, 2.75) is 207 Å². The summed E-state index contributed by atoms with van der Waals surface area (Å²) in [6, 6.07) is 0. The smallest absolute Gasteiger partial charge is 1.00 e. The van der Waals surface area contributed by atoms with Crippen LogP contribution in [0.4, 0.5) is 0 Å². The Balaban J connectivity index is -0.0000000877. The van der Waals surface area contributed by atoms with Crippen LogP contribution >= 0.6 is 33.7 Å². The molecule has 0 N–H and O–H groups in total. The summed E-state index contributed by atoms with van der Waals surface area (Å²) >= 11 is 7.93. The van der Waals surface area contributed by atoms with Gasteiger partial charge in [-0.2, -0.15) is 11.1 Å². The zero-order valence-corrected chi connectivity index (χ0v) is 44.8. The van der Waals surface area contributed by atoms with Crippen molar-refractivity contribution in [3.63, 3.8) is 0 Å². The maximum Gasteiger partial charge on any atom is 1.00 e. The molecule has 0 amide bonds. The number of halogens is 3. The van der Waals surface area contributed by atoms with E-state index in [1.54, 1.807) is 6.08 Å². The van der Waals surface area contributed by atoms with Gasteiger partial charge in [0.05, 0.1) is 36.2 Å². The van der Waals surface area contributed by atoms with Crippen LogP contribution in [0.1, 0.15) is 158 Å². The van der Waals surface area contributed by atoms with E-state index < -0.39 is 15.7 Å². The van der Waals surface area contributed by atoms with Gasteiger partial charge in [0.1, 0.15) is 13.2 Å². The van der Waals surface area contributed by atoms with Gasteiger partial charge in [-0.1, -0.05) is 128 Å². The third kappa shape index (κ3) is 47.9. The van der Waals surface area contributed by atoms with Crippen molar-refractivity contribution in [3.8, 4) is 0 Å². The van der Waals surface area contributed by atoms with Gasteiger partial charge in [0.25, 0.3) is 0 Å². The van der Waals surface area contributed by atoms with Crippen molar-refractivity contribution in [2.75, 3.05) is 26.2 Å². The minimum absolute atomic E-state index is 0. The van der Waals surface area contributed by atoms with Crippen LogP contribution in [-0.2, 0) is 31.1 Å². The van der Waals surface area contributed by atoms with Gasteiger partial charge in [-0.05, 0) is 109 Å². The van der Waals surface area contributed by atoms with Gasteiger partial charge in [-0.15, -0.1) is 0 Å². The van der Waals surface area contributed by atoms with Crippen molar-refractivity contribution in [3.05, 3.63) is 38.7 Å². The summed E-state index contributed by atoms with van der Waals surface area (Å²) in [6.07, 6.45) is 27.3. The Bertz CT molecular complexity index is 908. The fraction of sp³-hybridized carbons (Fsp3) is 0.822. The van der Waals surface area contributed by atoms with E-state index in [1.165, 1.54) is 113 Å². The predicted molar refractivity (Wildman–Crippen MR) is 258 cm³/mol. The first kappa shape index (κ1) is 74.7. The molecular formula is C45H94ClCuFILiNO3Si2. The van der Waals surface area contributed by atoms with Crippen LogP contribution in [0, 0.1) is 20.8 Å². The van der Waals surface area contributed by atoms with Gasteiger partial charge in [0.2, 0.25) is 0 Å². The average molecular weight is 1010 g/mol. The number of unbranched alkanes of at least 4 members (excludes halogenated alkanes) is 4. The first-order chi connectivity index (χ1) is 23.3. The van der Waals surface area contributed by atoms with E-state index in [9.17, 15) is 9.59 Å². The summed E-state index contributed by atoms with van der Waals surface area (Å²) in [5.74, 6) is 1.35. The molecular weight excluding hydrogens is 911 g/mol. The Hall–Kier alpha value is 1.24. The van der Waals surface area contributed by atoms with Crippen molar-refractivity contribution < 1.29 is 59.1 Å². The molecule has 0 spiro atoms. The van der Waals surface area contributed by atoms with Crippen LogP contribution in [0.15, 0.2) is 23.8 Å². The fourth-order valence-electron chi connectivity index (χ4n) is 6.15. The van der Waals surface area contributed by atoms with Crippen LogP contribution in [0.25, 0.3) is 0 Å². The Morgan fingerprint density at radius 2 is 1.20 bits per heavy atom. The molecule has 3 aliphatic rings. The summed E-state index contributed by atoms with van der Waals surface area (Å²) in [5.41, 5.74) is 1.50. The van der Waals surface area contributed by atoms with Gasteiger partial charge < -0.3 is 28.5 Å². The molecule has 338 valence electrons. The SMILES string of the molecule is C.CC1=CC(O[Si](C)(C)C)CCC1.CC1CCCC(=O)C1I.CCCC[N+](CCCC)(CCCC)CCCC.C[Si](C)(C)Cl.O=C1C=CCCC1.[CH3-].[CH3-].[Cu+].[F-].[Li+]. The molecule has 0 bridgehead atoms. The molecule has 3 aliphatic carbocycles. The van der Waals surface area contributed by atoms with Gasteiger partial charge in [0, 0.05) is 12.8 Å². The van der Waals surface area contributed by atoms with Crippen molar-refractivity contribution in [1.82, 2.24) is 0 Å². The molecule has 0 saturated heterocycles. The molecule has 0 aromatic heterocycles. The molecule has 0 aliphatic heterocycles. The number of nitrogens with zero attached hydrogens (tertiary/aromatic N) is 1. The number of carbonyl (C=O) groups is 2. The molecule has 4 nitrogen and oxygen atoms in total. The first-order valence-corrected chi connectivity index (χ1v) is 29.7. The molecule has 1 saturated carbocycles. The molecule has 0 radical (unpaired) electrons. The summed E-state index contributed by atoms with van der Waals surface area (Å²) in [6.45, 7) is 32.4. The molecule has 3 unspecified atom stereocenters. The van der Waals surface area contributed by atoms with Crippen LogP contribution in [0.2, 0.25) is 39.3 Å². The van der Waals surface area contributed by atoms with Crippen molar-refractivity contribution in [2.24, 2.45) is 5.92 Å². The number of allylic oxidation sites excluding steroid dienone is 3. The number of hydrogen-bond acceptors (Lipinski definition) is 3. The van der Waals surface area contributed by atoms with Crippen molar-refractivity contribution >= 4 is 60.9 Å². The van der Waals surface area contributed by atoms with Gasteiger partial charge in [-0.25, -0.2) is 0 Å². The molecule has 1 fully saturated rings. The predicted octanol–water partition coefficient (Wildman–Crippen LogP) is 9.42. The molecule has 0 heterocycles.